The Hall–Kier alpha value is -3.73. The van der Waals surface area contributed by atoms with E-state index in [1.165, 1.54) is 16.7 Å². The van der Waals surface area contributed by atoms with E-state index >= 15 is 0 Å². The number of ketones is 1. The molecule has 1 N–H and O–H groups in total. The van der Waals surface area contributed by atoms with Crippen molar-refractivity contribution in [1.29, 1.82) is 0 Å². The normalized spacial score (nSPS) is 15.1. The van der Waals surface area contributed by atoms with Crippen LogP contribution in [0.25, 0.3) is 11.1 Å². The Labute approximate surface area is 207 Å². The first-order valence-corrected chi connectivity index (χ1v) is 12.2. The van der Waals surface area contributed by atoms with E-state index in [0.29, 0.717) is 11.1 Å². The van der Waals surface area contributed by atoms with Crippen molar-refractivity contribution in [3.63, 3.8) is 0 Å². The summed E-state index contributed by atoms with van der Waals surface area (Å²) in [6.07, 6.45) is -1.15. The molecule has 0 spiro atoms. The lowest BCUT2D eigenvalue weighted by molar-refractivity contribution is 0.0747. The molecule has 35 heavy (non-hydrogen) atoms. The third kappa shape index (κ3) is 5.35. The van der Waals surface area contributed by atoms with E-state index in [4.69, 9.17) is 0 Å². The van der Waals surface area contributed by atoms with Crippen LogP contribution < -0.4 is 4.90 Å². The Balaban J connectivity index is 1.20. The number of aliphatic hydroxyl groups excluding tert-OH is 1. The van der Waals surface area contributed by atoms with Gasteiger partial charge in [0, 0.05) is 44.0 Å². The zero-order valence-electron chi connectivity index (χ0n) is 19.8. The molecule has 0 bridgehead atoms. The highest BCUT2D eigenvalue weighted by atomic mass is 16.3. The summed E-state index contributed by atoms with van der Waals surface area (Å²) in [4.78, 5) is 17.4. The largest absolute Gasteiger partial charge is 0.380 e. The number of rotatable bonds is 7. The predicted molar refractivity (Wildman–Crippen MR) is 142 cm³/mol. The number of hydrogen-bond donors (Lipinski definition) is 1. The molecular formula is C31H30N2O2. The van der Waals surface area contributed by atoms with Crippen molar-refractivity contribution in [1.82, 2.24) is 4.90 Å². The van der Waals surface area contributed by atoms with Crippen LogP contribution in [0, 0.1) is 0 Å². The lowest BCUT2D eigenvalue weighted by Gasteiger charge is -2.36. The van der Waals surface area contributed by atoms with Crippen LogP contribution in [0.2, 0.25) is 0 Å². The molecule has 1 aliphatic heterocycles. The number of hydrogen-bond acceptors (Lipinski definition) is 4. The fourth-order valence-corrected chi connectivity index (χ4v) is 4.74. The molecule has 4 aromatic rings. The van der Waals surface area contributed by atoms with Crippen molar-refractivity contribution in [2.45, 2.75) is 12.6 Å². The lowest BCUT2D eigenvalue weighted by atomic mass is 9.99. The molecule has 4 heteroatoms. The Kier molecular flexibility index (Phi) is 7.03. The molecule has 4 nitrogen and oxygen atoms in total. The van der Waals surface area contributed by atoms with Crippen LogP contribution in [0.1, 0.15) is 27.6 Å². The molecule has 4 aromatic carbocycles. The van der Waals surface area contributed by atoms with Gasteiger partial charge in [0.15, 0.2) is 5.78 Å². The van der Waals surface area contributed by atoms with Gasteiger partial charge in [0.1, 0.15) is 6.10 Å². The molecule has 1 aliphatic rings. The van der Waals surface area contributed by atoms with Crippen molar-refractivity contribution >= 4 is 11.5 Å². The average Bonchev–Trinajstić information content (AvgIpc) is 2.94. The fraction of sp³-hybridized carbons (Fsp3) is 0.194. The number of anilines is 1. The Morgan fingerprint density at radius 1 is 0.714 bits per heavy atom. The Morgan fingerprint density at radius 2 is 1.31 bits per heavy atom. The molecule has 1 heterocycles. The highest BCUT2D eigenvalue weighted by Gasteiger charge is 2.21. The number of Topliss-reactive ketones (excluding diaryl/α,β-unsaturated/α-hetero) is 1. The van der Waals surface area contributed by atoms with Crippen molar-refractivity contribution in [3.8, 4) is 11.1 Å². The second-order valence-corrected chi connectivity index (χ2v) is 9.01. The SMILES string of the molecule is O=C(c1ccccc1)C(O)c1ccc(N2CCN(Cc3ccccc3-c3ccccc3)CC2)cc1. The maximum absolute atomic E-state index is 12.6. The lowest BCUT2D eigenvalue weighted by Crippen LogP contribution is -2.46. The molecule has 0 saturated carbocycles. The van der Waals surface area contributed by atoms with Crippen LogP contribution >= 0.6 is 0 Å². The minimum absolute atomic E-state index is 0.275. The first-order chi connectivity index (χ1) is 17.2. The smallest absolute Gasteiger partial charge is 0.195 e. The van der Waals surface area contributed by atoms with Crippen LogP contribution in [0.3, 0.4) is 0 Å². The number of nitrogens with zero attached hydrogens (tertiary/aromatic N) is 2. The van der Waals surface area contributed by atoms with Crippen LogP contribution in [0.5, 0.6) is 0 Å². The minimum atomic E-state index is -1.15. The average molecular weight is 463 g/mol. The molecule has 1 saturated heterocycles. The number of aliphatic hydroxyl groups is 1. The molecule has 1 unspecified atom stereocenters. The predicted octanol–water partition coefficient (Wildman–Crippen LogP) is 5.59. The zero-order chi connectivity index (χ0) is 24.0. The van der Waals surface area contributed by atoms with Gasteiger partial charge < -0.3 is 10.0 Å². The highest BCUT2D eigenvalue weighted by molar-refractivity contribution is 5.99. The topological polar surface area (TPSA) is 43.8 Å². The minimum Gasteiger partial charge on any atom is -0.380 e. The summed E-state index contributed by atoms with van der Waals surface area (Å²) in [5.74, 6) is -0.275. The van der Waals surface area contributed by atoms with E-state index in [0.717, 1.165) is 38.4 Å². The molecule has 0 amide bonds. The standard InChI is InChI=1S/C31H30N2O2/c34-30(25-11-5-2-6-12-25)31(35)26-15-17-28(18-16-26)33-21-19-32(20-22-33)23-27-13-7-8-14-29(27)24-9-3-1-4-10-24/h1-18,31,35H,19-23H2. The van der Waals surface area contributed by atoms with E-state index < -0.39 is 6.10 Å². The first-order valence-electron chi connectivity index (χ1n) is 12.2. The number of carbonyl (C=O) groups is 1. The Bertz CT molecular complexity index is 1250. The second-order valence-electron chi connectivity index (χ2n) is 9.01. The Morgan fingerprint density at radius 3 is 2.00 bits per heavy atom. The summed E-state index contributed by atoms with van der Waals surface area (Å²) >= 11 is 0. The van der Waals surface area contributed by atoms with Gasteiger partial charge in [-0.05, 0) is 34.4 Å². The highest BCUT2D eigenvalue weighted by Crippen LogP contribution is 2.26. The van der Waals surface area contributed by atoms with Gasteiger partial charge in [-0.15, -0.1) is 0 Å². The van der Waals surface area contributed by atoms with E-state index in [-0.39, 0.29) is 5.78 Å². The molecule has 0 radical (unpaired) electrons. The summed E-state index contributed by atoms with van der Waals surface area (Å²) in [7, 11) is 0. The molecule has 0 aliphatic carbocycles. The van der Waals surface area contributed by atoms with Gasteiger partial charge >= 0.3 is 0 Å². The van der Waals surface area contributed by atoms with E-state index in [2.05, 4.69) is 64.4 Å². The maximum atomic E-state index is 12.6. The monoisotopic (exact) mass is 462 g/mol. The van der Waals surface area contributed by atoms with Gasteiger partial charge in [0.25, 0.3) is 0 Å². The summed E-state index contributed by atoms with van der Waals surface area (Å²) in [6, 6.07) is 35.9. The molecular weight excluding hydrogens is 432 g/mol. The van der Waals surface area contributed by atoms with Crippen molar-refractivity contribution in [3.05, 3.63) is 126 Å². The van der Waals surface area contributed by atoms with Gasteiger partial charge in [0.2, 0.25) is 0 Å². The number of carbonyl (C=O) groups excluding carboxylic acids is 1. The molecule has 0 aromatic heterocycles. The van der Waals surface area contributed by atoms with Crippen LogP contribution in [0.15, 0.2) is 109 Å². The summed E-state index contributed by atoms with van der Waals surface area (Å²) in [5, 5.41) is 10.6. The van der Waals surface area contributed by atoms with Crippen molar-refractivity contribution in [2.75, 3.05) is 31.1 Å². The number of benzene rings is 4. The quantitative estimate of drug-likeness (QED) is 0.364. The van der Waals surface area contributed by atoms with E-state index in [1.807, 2.05) is 42.5 Å². The van der Waals surface area contributed by atoms with Crippen molar-refractivity contribution < 1.29 is 9.90 Å². The van der Waals surface area contributed by atoms with E-state index in [9.17, 15) is 9.90 Å². The first kappa shape index (κ1) is 23.0. The van der Waals surface area contributed by atoms with E-state index in [1.54, 1.807) is 12.1 Å². The zero-order valence-corrected chi connectivity index (χ0v) is 19.8. The van der Waals surface area contributed by atoms with Gasteiger partial charge in [-0.2, -0.15) is 0 Å². The van der Waals surface area contributed by atoms with Gasteiger partial charge in [-0.25, -0.2) is 0 Å². The van der Waals surface area contributed by atoms with Gasteiger partial charge in [-0.3, -0.25) is 9.69 Å². The third-order valence-electron chi connectivity index (χ3n) is 6.75. The third-order valence-corrected chi connectivity index (χ3v) is 6.75. The number of piperazine rings is 1. The molecule has 1 atom stereocenters. The van der Waals surface area contributed by atoms with Crippen LogP contribution in [-0.2, 0) is 6.54 Å². The molecule has 176 valence electrons. The fourth-order valence-electron chi connectivity index (χ4n) is 4.74. The summed E-state index contributed by atoms with van der Waals surface area (Å²) < 4.78 is 0. The molecule has 1 fully saturated rings. The maximum Gasteiger partial charge on any atom is 0.195 e. The van der Waals surface area contributed by atoms with Crippen LogP contribution in [-0.4, -0.2) is 42.0 Å². The van der Waals surface area contributed by atoms with Crippen molar-refractivity contribution in [2.24, 2.45) is 0 Å². The second kappa shape index (κ2) is 10.7. The molecule has 5 rings (SSSR count). The summed E-state index contributed by atoms with van der Waals surface area (Å²) in [5.41, 5.74) is 6.18. The van der Waals surface area contributed by atoms with Crippen LogP contribution in [0.4, 0.5) is 5.69 Å². The van der Waals surface area contributed by atoms with Gasteiger partial charge in [0.05, 0.1) is 0 Å². The van der Waals surface area contributed by atoms with Gasteiger partial charge in [-0.1, -0.05) is 97.1 Å². The summed E-state index contributed by atoms with van der Waals surface area (Å²) in [6.45, 7) is 4.79.